The second-order valence-corrected chi connectivity index (χ2v) is 10.6. The van der Waals surface area contributed by atoms with Gasteiger partial charge < -0.3 is 19.6 Å². The van der Waals surface area contributed by atoms with E-state index in [9.17, 15) is 10.5 Å². The summed E-state index contributed by atoms with van der Waals surface area (Å²) in [6.45, 7) is 1.06. The van der Waals surface area contributed by atoms with Crippen LogP contribution in [0.4, 0.5) is 11.4 Å². The number of hydrogen-bond donors (Lipinski definition) is 0. The van der Waals surface area contributed by atoms with Crippen LogP contribution in [0.2, 0.25) is 0 Å². The number of benzene rings is 2. The van der Waals surface area contributed by atoms with E-state index in [1.807, 2.05) is 12.1 Å². The highest BCUT2D eigenvalue weighted by molar-refractivity contribution is 5.66. The molecule has 7 rings (SSSR count). The maximum absolute atomic E-state index is 9.72. The molecule has 1 fully saturated rings. The summed E-state index contributed by atoms with van der Waals surface area (Å²) in [7, 11) is 2.16. The number of hydrogen-bond acceptors (Lipinski definition) is 6. The van der Waals surface area contributed by atoms with Crippen LogP contribution in [-0.4, -0.2) is 35.7 Å². The van der Waals surface area contributed by atoms with Gasteiger partial charge in [-0.3, -0.25) is 0 Å². The van der Waals surface area contributed by atoms with Crippen LogP contribution in [-0.2, 0) is 6.42 Å². The maximum Gasteiger partial charge on any atom is 0.112 e. The summed E-state index contributed by atoms with van der Waals surface area (Å²) in [6.07, 6.45) is 14.7. The molecule has 6 nitrogen and oxygen atoms in total. The van der Waals surface area contributed by atoms with Crippen molar-refractivity contribution >= 4 is 11.4 Å². The molecule has 4 unspecified atom stereocenters. The predicted molar refractivity (Wildman–Crippen MR) is 135 cm³/mol. The molecule has 0 saturated carbocycles. The maximum atomic E-state index is 9.72. The van der Waals surface area contributed by atoms with E-state index in [1.165, 1.54) is 22.5 Å². The van der Waals surface area contributed by atoms with Crippen molar-refractivity contribution in [1.29, 1.82) is 10.5 Å². The first kappa shape index (κ1) is 20.5. The zero-order chi connectivity index (χ0) is 23.7. The molecule has 2 aromatic rings. The van der Waals surface area contributed by atoms with E-state index in [1.54, 1.807) is 0 Å². The lowest BCUT2D eigenvalue weighted by Gasteiger charge is -2.52. The van der Waals surface area contributed by atoms with Gasteiger partial charge in [0, 0.05) is 55.2 Å². The highest BCUT2D eigenvalue weighted by atomic mass is 15.4. The number of rotatable bonds is 0. The van der Waals surface area contributed by atoms with E-state index < -0.39 is 0 Å². The standard InChI is InChI=1S/C29H28N6/c1-32-12-14-34-25-5-2-20(18-30)16-22(25)8-9-29-10-11-33-13-15-35(28(29)33)26-6-3-21(19-31)17-23(26)24(29)4-7-27(32)34/h2-3,5-6,12-17,24,27-28H,4,7-11H2,1H3. The number of aryl methyl sites for hydroxylation is 1. The Morgan fingerprint density at radius 2 is 1.63 bits per heavy atom. The summed E-state index contributed by atoms with van der Waals surface area (Å²) >= 11 is 0. The largest absolute Gasteiger partial charge is 0.359 e. The summed E-state index contributed by atoms with van der Waals surface area (Å²) in [5.41, 5.74) is 6.65. The van der Waals surface area contributed by atoms with Gasteiger partial charge in [-0.15, -0.1) is 0 Å². The number of nitrogens with zero attached hydrogens (tertiary/aromatic N) is 6. The van der Waals surface area contributed by atoms with Crippen LogP contribution in [0.25, 0.3) is 0 Å². The van der Waals surface area contributed by atoms with Gasteiger partial charge in [-0.2, -0.15) is 10.5 Å². The molecule has 5 aliphatic heterocycles. The lowest BCUT2D eigenvalue weighted by Crippen LogP contribution is -2.53. The first-order valence-electron chi connectivity index (χ1n) is 12.6. The minimum atomic E-state index is 0.0945. The van der Waals surface area contributed by atoms with Gasteiger partial charge in [-0.25, -0.2) is 0 Å². The molecular formula is C29H28N6. The van der Waals surface area contributed by atoms with Crippen LogP contribution in [0.5, 0.6) is 0 Å². The fraction of sp³-hybridized carbons (Fsp3) is 0.379. The Labute approximate surface area is 206 Å². The van der Waals surface area contributed by atoms with E-state index >= 15 is 0 Å². The Morgan fingerprint density at radius 1 is 0.857 bits per heavy atom. The molecule has 1 spiro atoms. The third-order valence-corrected chi connectivity index (χ3v) is 9.16. The van der Waals surface area contributed by atoms with Gasteiger partial charge >= 0.3 is 0 Å². The third kappa shape index (κ3) is 2.74. The minimum absolute atomic E-state index is 0.0945. The van der Waals surface area contributed by atoms with Crippen LogP contribution in [0.3, 0.4) is 0 Å². The lowest BCUT2D eigenvalue weighted by atomic mass is 9.61. The molecule has 0 bridgehead atoms. The van der Waals surface area contributed by atoms with Crippen molar-refractivity contribution in [1.82, 2.24) is 9.80 Å². The van der Waals surface area contributed by atoms with Gasteiger partial charge in [0.2, 0.25) is 0 Å². The molecule has 174 valence electrons. The van der Waals surface area contributed by atoms with E-state index in [0.717, 1.165) is 49.8 Å². The van der Waals surface area contributed by atoms with Crippen molar-refractivity contribution in [3.05, 3.63) is 83.5 Å². The molecular weight excluding hydrogens is 432 g/mol. The van der Waals surface area contributed by atoms with Crippen LogP contribution >= 0.6 is 0 Å². The molecule has 0 amide bonds. The number of nitriles is 2. The van der Waals surface area contributed by atoms with Crippen LogP contribution in [0.15, 0.2) is 61.2 Å². The zero-order valence-corrected chi connectivity index (χ0v) is 19.9. The van der Waals surface area contributed by atoms with Crippen LogP contribution < -0.4 is 9.80 Å². The average molecular weight is 461 g/mol. The molecule has 0 aliphatic carbocycles. The van der Waals surface area contributed by atoms with Gasteiger partial charge in [0.25, 0.3) is 0 Å². The Morgan fingerprint density at radius 3 is 2.46 bits per heavy atom. The number of fused-ring (bicyclic) bond motifs is 6. The summed E-state index contributed by atoms with van der Waals surface area (Å²) in [5, 5.41) is 19.4. The van der Waals surface area contributed by atoms with Gasteiger partial charge in [0.1, 0.15) is 12.3 Å². The Hall–Kier alpha value is -3.90. The van der Waals surface area contributed by atoms with Gasteiger partial charge in [0.15, 0.2) is 0 Å². The Kier molecular flexibility index (Phi) is 4.27. The molecule has 5 aliphatic rings. The SMILES string of the molecule is CN1C=CN2c3ccc(C#N)cc3CCC34CCN5C=CN(c6ccc(C#N)cc6C3CCC12)C54. The topological polar surface area (TPSA) is 60.5 Å². The highest BCUT2D eigenvalue weighted by Crippen LogP contribution is 2.61. The van der Waals surface area contributed by atoms with Crippen LogP contribution in [0.1, 0.15) is 53.9 Å². The molecule has 0 aromatic heterocycles. The molecule has 6 heteroatoms. The van der Waals surface area contributed by atoms with Gasteiger partial charge in [-0.1, -0.05) is 0 Å². The normalized spacial score (nSPS) is 29.6. The first-order valence-corrected chi connectivity index (χ1v) is 12.6. The van der Waals surface area contributed by atoms with Crippen molar-refractivity contribution in [3.8, 4) is 12.1 Å². The van der Waals surface area contributed by atoms with Crippen LogP contribution in [0, 0.1) is 28.1 Å². The molecule has 1 saturated heterocycles. The average Bonchev–Trinajstić information content (AvgIpc) is 3.59. The molecule has 0 radical (unpaired) electrons. The minimum Gasteiger partial charge on any atom is -0.359 e. The van der Waals surface area contributed by atoms with E-state index in [-0.39, 0.29) is 11.6 Å². The zero-order valence-electron chi connectivity index (χ0n) is 19.9. The Balaban J connectivity index is 1.40. The van der Waals surface area contributed by atoms with Crippen molar-refractivity contribution in [2.75, 3.05) is 23.4 Å². The fourth-order valence-electron chi connectivity index (χ4n) is 7.58. The molecule has 35 heavy (non-hydrogen) atoms. The van der Waals surface area contributed by atoms with Crippen molar-refractivity contribution in [2.45, 2.75) is 50.4 Å². The van der Waals surface area contributed by atoms with E-state index in [4.69, 9.17) is 0 Å². The van der Waals surface area contributed by atoms with Crippen molar-refractivity contribution in [3.63, 3.8) is 0 Å². The van der Waals surface area contributed by atoms with E-state index in [0.29, 0.717) is 12.1 Å². The molecule has 4 atom stereocenters. The monoisotopic (exact) mass is 460 g/mol. The molecule has 2 aromatic carbocycles. The summed E-state index contributed by atoms with van der Waals surface area (Å²) < 4.78 is 0. The lowest BCUT2D eigenvalue weighted by molar-refractivity contribution is 0.122. The fourth-order valence-corrected chi connectivity index (χ4v) is 7.58. The third-order valence-electron chi connectivity index (χ3n) is 9.16. The predicted octanol–water partition coefficient (Wildman–Crippen LogP) is 4.81. The molecule has 5 heterocycles. The van der Waals surface area contributed by atoms with Crippen molar-refractivity contribution in [2.24, 2.45) is 5.41 Å². The first-order chi connectivity index (χ1) is 17.1. The van der Waals surface area contributed by atoms with Gasteiger partial charge in [-0.05, 0) is 85.5 Å². The number of anilines is 2. The summed E-state index contributed by atoms with van der Waals surface area (Å²) in [4.78, 5) is 9.71. The Bertz CT molecular complexity index is 1360. The highest BCUT2D eigenvalue weighted by Gasteiger charge is 2.58. The van der Waals surface area contributed by atoms with E-state index in [2.05, 4.69) is 87.9 Å². The quantitative estimate of drug-likeness (QED) is 0.562. The van der Waals surface area contributed by atoms with Crippen molar-refractivity contribution < 1.29 is 0 Å². The second kappa shape index (κ2) is 7.30. The summed E-state index contributed by atoms with van der Waals surface area (Å²) in [5.74, 6) is 0.383. The molecule has 0 N–H and O–H groups in total. The summed E-state index contributed by atoms with van der Waals surface area (Å²) in [6, 6.07) is 17.2. The second-order valence-electron chi connectivity index (χ2n) is 10.6. The smallest absolute Gasteiger partial charge is 0.112 e. The van der Waals surface area contributed by atoms with Gasteiger partial charge in [0.05, 0.1) is 23.3 Å².